The first-order valence-electron chi connectivity index (χ1n) is 8.53. The van der Waals surface area contributed by atoms with Gasteiger partial charge in [0.1, 0.15) is 5.75 Å². The number of hydrogen-bond donors (Lipinski definition) is 2. The van der Waals surface area contributed by atoms with E-state index in [1.165, 1.54) is 6.42 Å². The number of aliphatic imine (C=N–C) groups is 1. The third kappa shape index (κ3) is 10.7. The third-order valence-corrected chi connectivity index (χ3v) is 3.36. The molecule has 0 saturated carbocycles. The first kappa shape index (κ1) is 23.0. The Kier molecular flexibility index (Phi) is 14.8. The summed E-state index contributed by atoms with van der Waals surface area (Å²) in [6, 6.07) is 8.01. The Hall–Kier alpha value is -1.02. The highest BCUT2D eigenvalue weighted by Crippen LogP contribution is 2.11. The van der Waals surface area contributed by atoms with Crippen molar-refractivity contribution < 1.29 is 9.47 Å². The van der Waals surface area contributed by atoms with E-state index in [9.17, 15) is 0 Å². The van der Waals surface area contributed by atoms with E-state index < -0.39 is 0 Å². The number of methoxy groups -OCH3 is 1. The monoisotopic (exact) mass is 449 g/mol. The number of guanidine groups is 1. The number of nitrogens with zero attached hydrogens (tertiary/aromatic N) is 1. The first-order valence-corrected chi connectivity index (χ1v) is 8.53. The van der Waals surface area contributed by atoms with Crippen LogP contribution in [0, 0.1) is 0 Å². The predicted octanol–water partition coefficient (Wildman–Crippen LogP) is 3.58. The second-order valence-electron chi connectivity index (χ2n) is 5.27. The first-order chi connectivity index (χ1) is 11.3. The Balaban J connectivity index is 0.00000529. The maximum Gasteiger partial charge on any atom is 0.191 e. The molecule has 0 aromatic heterocycles. The van der Waals surface area contributed by atoms with Crippen molar-refractivity contribution in [3.05, 3.63) is 29.8 Å². The lowest BCUT2D eigenvalue weighted by atomic mass is 10.2. The molecule has 0 bridgehead atoms. The van der Waals surface area contributed by atoms with Crippen molar-refractivity contribution in [3.63, 3.8) is 0 Å². The molecule has 0 aliphatic carbocycles. The summed E-state index contributed by atoms with van der Waals surface area (Å²) in [6.07, 6.45) is 3.29. The topological polar surface area (TPSA) is 54.9 Å². The molecule has 0 aliphatic rings. The van der Waals surface area contributed by atoms with E-state index in [1.54, 1.807) is 7.11 Å². The lowest BCUT2D eigenvalue weighted by Crippen LogP contribution is -2.38. The average molecular weight is 449 g/mol. The van der Waals surface area contributed by atoms with Crippen LogP contribution in [-0.2, 0) is 11.3 Å². The molecule has 0 spiro atoms. The van der Waals surface area contributed by atoms with Gasteiger partial charge in [-0.1, -0.05) is 25.5 Å². The fraction of sp³-hybridized carbons (Fsp3) is 0.611. The Morgan fingerprint density at radius 2 is 1.71 bits per heavy atom. The molecule has 1 rings (SSSR count). The van der Waals surface area contributed by atoms with Gasteiger partial charge in [-0.25, -0.2) is 4.99 Å². The molecular formula is C18H32IN3O2. The van der Waals surface area contributed by atoms with Crippen LogP contribution in [0.25, 0.3) is 0 Å². The second kappa shape index (κ2) is 15.5. The number of unbranched alkanes of at least 4 members (excludes halogenated alkanes) is 1. The fourth-order valence-electron chi connectivity index (χ4n) is 1.98. The summed E-state index contributed by atoms with van der Waals surface area (Å²) in [6.45, 7) is 8.21. The van der Waals surface area contributed by atoms with E-state index in [2.05, 4.69) is 22.5 Å². The van der Waals surface area contributed by atoms with Crippen LogP contribution in [0.2, 0.25) is 0 Å². The lowest BCUT2D eigenvalue weighted by molar-refractivity contribution is 0.145. The standard InChI is InChI=1S/C18H31N3O2.HI/c1-4-6-12-19-18(20-13-7-14-23-5-2)21-15-16-8-10-17(22-3)11-9-16;/h8-11H,4-7,12-15H2,1-3H3,(H2,19,20,21);1H. The van der Waals surface area contributed by atoms with Gasteiger partial charge in [-0.15, -0.1) is 24.0 Å². The minimum absolute atomic E-state index is 0. The van der Waals surface area contributed by atoms with E-state index in [-0.39, 0.29) is 24.0 Å². The third-order valence-electron chi connectivity index (χ3n) is 3.36. The van der Waals surface area contributed by atoms with Gasteiger partial charge in [-0.05, 0) is 37.5 Å². The zero-order valence-electron chi connectivity index (χ0n) is 15.1. The Labute approximate surface area is 163 Å². The average Bonchev–Trinajstić information content (AvgIpc) is 2.59. The second-order valence-corrected chi connectivity index (χ2v) is 5.27. The molecule has 1 aromatic rings. The van der Waals surface area contributed by atoms with E-state index in [0.29, 0.717) is 6.54 Å². The van der Waals surface area contributed by atoms with Gasteiger partial charge in [0.05, 0.1) is 13.7 Å². The van der Waals surface area contributed by atoms with E-state index in [0.717, 1.165) is 56.4 Å². The van der Waals surface area contributed by atoms with Gasteiger partial charge in [-0.2, -0.15) is 0 Å². The van der Waals surface area contributed by atoms with Crippen molar-refractivity contribution in [1.29, 1.82) is 0 Å². The van der Waals surface area contributed by atoms with Crippen molar-refractivity contribution in [1.82, 2.24) is 10.6 Å². The summed E-state index contributed by atoms with van der Waals surface area (Å²) < 4.78 is 10.5. The van der Waals surface area contributed by atoms with Gasteiger partial charge in [0.15, 0.2) is 5.96 Å². The minimum Gasteiger partial charge on any atom is -0.497 e. The molecule has 0 fully saturated rings. The van der Waals surface area contributed by atoms with Crippen molar-refractivity contribution in [2.75, 3.05) is 33.4 Å². The van der Waals surface area contributed by atoms with Crippen LogP contribution in [0.1, 0.15) is 38.7 Å². The SMILES string of the molecule is CCCCNC(=NCc1ccc(OC)cc1)NCCCOCC.I. The molecule has 6 heteroatoms. The highest BCUT2D eigenvalue weighted by atomic mass is 127. The summed E-state index contributed by atoms with van der Waals surface area (Å²) in [5.74, 6) is 1.74. The quantitative estimate of drug-likeness (QED) is 0.235. The number of halogens is 1. The maximum atomic E-state index is 5.35. The Morgan fingerprint density at radius 3 is 2.29 bits per heavy atom. The molecule has 0 atom stereocenters. The van der Waals surface area contributed by atoms with Crippen LogP contribution >= 0.6 is 24.0 Å². The maximum absolute atomic E-state index is 5.35. The predicted molar refractivity (Wildman–Crippen MR) is 112 cm³/mol. The fourth-order valence-corrected chi connectivity index (χ4v) is 1.98. The normalized spacial score (nSPS) is 10.9. The Morgan fingerprint density at radius 1 is 1.04 bits per heavy atom. The molecule has 2 N–H and O–H groups in total. The van der Waals surface area contributed by atoms with Gasteiger partial charge in [0.25, 0.3) is 0 Å². The van der Waals surface area contributed by atoms with Crippen molar-refractivity contribution in [2.24, 2.45) is 4.99 Å². The molecule has 0 unspecified atom stereocenters. The molecule has 138 valence electrons. The summed E-state index contributed by atoms with van der Waals surface area (Å²) in [7, 11) is 1.68. The van der Waals surface area contributed by atoms with Crippen LogP contribution < -0.4 is 15.4 Å². The van der Waals surface area contributed by atoms with Crippen LogP contribution in [0.3, 0.4) is 0 Å². The van der Waals surface area contributed by atoms with E-state index in [4.69, 9.17) is 9.47 Å². The van der Waals surface area contributed by atoms with Gasteiger partial charge in [0.2, 0.25) is 0 Å². The smallest absolute Gasteiger partial charge is 0.191 e. The number of hydrogen-bond acceptors (Lipinski definition) is 3. The molecule has 1 aromatic carbocycles. The Bertz CT molecular complexity index is 438. The number of nitrogens with one attached hydrogen (secondary N) is 2. The summed E-state index contributed by atoms with van der Waals surface area (Å²) in [5, 5.41) is 6.74. The van der Waals surface area contributed by atoms with Gasteiger partial charge in [0, 0.05) is 26.3 Å². The number of benzene rings is 1. The molecule has 5 nitrogen and oxygen atoms in total. The van der Waals surface area contributed by atoms with Crippen molar-refractivity contribution in [2.45, 2.75) is 39.7 Å². The molecule has 0 amide bonds. The van der Waals surface area contributed by atoms with Crippen molar-refractivity contribution >= 4 is 29.9 Å². The van der Waals surface area contributed by atoms with Gasteiger partial charge < -0.3 is 20.1 Å². The lowest BCUT2D eigenvalue weighted by Gasteiger charge is -2.12. The highest BCUT2D eigenvalue weighted by Gasteiger charge is 1.99. The zero-order valence-corrected chi connectivity index (χ0v) is 17.5. The van der Waals surface area contributed by atoms with E-state index >= 15 is 0 Å². The zero-order chi connectivity index (χ0) is 16.8. The largest absolute Gasteiger partial charge is 0.497 e. The van der Waals surface area contributed by atoms with Gasteiger partial charge in [-0.3, -0.25) is 0 Å². The van der Waals surface area contributed by atoms with Crippen LogP contribution in [0.15, 0.2) is 29.3 Å². The molecule has 0 heterocycles. The van der Waals surface area contributed by atoms with Crippen LogP contribution in [-0.4, -0.2) is 39.4 Å². The van der Waals surface area contributed by atoms with Gasteiger partial charge >= 0.3 is 0 Å². The number of rotatable bonds is 11. The summed E-state index contributed by atoms with van der Waals surface area (Å²) >= 11 is 0. The number of ether oxygens (including phenoxy) is 2. The van der Waals surface area contributed by atoms with Crippen molar-refractivity contribution in [3.8, 4) is 5.75 Å². The summed E-state index contributed by atoms with van der Waals surface area (Å²) in [4.78, 5) is 4.65. The molecular weight excluding hydrogens is 417 g/mol. The summed E-state index contributed by atoms with van der Waals surface area (Å²) in [5.41, 5.74) is 1.16. The minimum atomic E-state index is 0. The van der Waals surface area contributed by atoms with Crippen LogP contribution in [0.5, 0.6) is 5.75 Å². The van der Waals surface area contributed by atoms with E-state index in [1.807, 2.05) is 31.2 Å². The molecule has 24 heavy (non-hydrogen) atoms. The molecule has 0 saturated heterocycles. The molecule has 0 aliphatic heterocycles. The highest BCUT2D eigenvalue weighted by molar-refractivity contribution is 14.0. The van der Waals surface area contributed by atoms with Crippen LogP contribution in [0.4, 0.5) is 0 Å². The molecule has 0 radical (unpaired) electrons.